The van der Waals surface area contributed by atoms with Gasteiger partial charge in [0.25, 0.3) is 0 Å². The van der Waals surface area contributed by atoms with Gasteiger partial charge in [-0.15, -0.1) is 0 Å². The topological polar surface area (TPSA) is 55.6 Å². The Morgan fingerprint density at radius 3 is 2.77 bits per heavy atom. The Hall–Kier alpha value is -1.53. The van der Waals surface area contributed by atoms with Gasteiger partial charge in [-0.25, -0.2) is 8.78 Å². The van der Waals surface area contributed by atoms with Crippen molar-refractivity contribution in [2.24, 2.45) is 11.7 Å². The monoisotopic (exact) mass is 310 g/mol. The first-order chi connectivity index (χ1) is 10.5. The fourth-order valence-corrected chi connectivity index (χ4v) is 3.26. The highest BCUT2D eigenvalue weighted by atomic mass is 19.2. The van der Waals surface area contributed by atoms with Crippen molar-refractivity contribution >= 4 is 5.91 Å². The molecular formula is C16H20F2N2O2. The molecule has 2 N–H and O–H groups in total. The largest absolute Gasteiger partial charge is 0.370 e. The standard InChI is InChI=1S/C16H20F2N2O2/c17-13-4-2-10(8-14(13)18)15-9-20(5-6-22-15)16(21)11-1-3-12(19)7-11/h2,4,8,11-12,15H,1,3,5-7,9,19H2. The first-order valence-electron chi connectivity index (χ1n) is 7.65. The van der Waals surface area contributed by atoms with Crippen LogP contribution in [0.2, 0.25) is 0 Å². The van der Waals surface area contributed by atoms with E-state index < -0.39 is 17.7 Å². The minimum absolute atomic E-state index is 0.0151. The Morgan fingerprint density at radius 2 is 2.09 bits per heavy atom. The van der Waals surface area contributed by atoms with Gasteiger partial charge in [-0.2, -0.15) is 0 Å². The van der Waals surface area contributed by atoms with Gasteiger partial charge in [0.1, 0.15) is 6.10 Å². The molecule has 22 heavy (non-hydrogen) atoms. The summed E-state index contributed by atoms with van der Waals surface area (Å²) in [6.07, 6.45) is 2.02. The van der Waals surface area contributed by atoms with E-state index >= 15 is 0 Å². The Kier molecular flexibility index (Phi) is 4.40. The summed E-state index contributed by atoms with van der Waals surface area (Å²) >= 11 is 0. The number of rotatable bonds is 2. The van der Waals surface area contributed by atoms with Crippen molar-refractivity contribution in [3.8, 4) is 0 Å². The van der Waals surface area contributed by atoms with Gasteiger partial charge >= 0.3 is 0 Å². The van der Waals surface area contributed by atoms with Crippen LogP contribution in [0.3, 0.4) is 0 Å². The number of carbonyl (C=O) groups is 1. The van der Waals surface area contributed by atoms with Crippen molar-refractivity contribution in [2.75, 3.05) is 19.7 Å². The average Bonchev–Trinajstić information content (AvgIpc) is 2.96. The molecule has 0 spiro atoms. The number of hydrogen-bond donors (Lipinski definition) is 1. The number of hydrogen-bond acceptors (Lipinski definition) is 3. The van der Waals surface area contributed by atoms with Gasteiger partial charge in [-0.3, -0.25) is 4.79 Å². The van der Waals surface area contributed by atoms with E-state index in [1.807, 2.05) is 0 Å². The minimum atomic E-state index is -0.897. The summed E-state index contributed by atoms with van der Waals surface area (Å²) in [5.41, 5.74) is 6.42. The molecule has 1 aliphatic heterocycles. The Morgan fingerprint density at radius 1 is 1.27 bits per heavy atom. The second-order valence-electron chi connectivity index (χ2n) is 6.09. The first kappa shape index (κ1) is 15.4. The molecule has 1 heterocycles. The maximum absolute atomic E-state index is 13.4. The van der Waals surface area contributed by atoms with Crippen LogP contribution < -0.4 is 5.73 Å². The molecule has 4 nitrogen and oxygen atoms in total. The number of nitrogens with zero attached hydrogens (tertiary/aromatic N) is 1. The summed E-state index contributed by atoms with van der Waals surface area (Å²) in [6.45, 7) is 1.30. The lowest BCUT2D eigenvalue weighted by atomic mass is 10.0. The van der Waals surface area contributed by atoms with E-state index in [0.717, 1.165) is 31.4 Å². The summed E-state index contributed by atoms with van der Waals surface area (Å²) in [5.74, 6) is -1.69. The van der Waals surface area contributed by atoms with Gasteiger partial charge in [0.05, 0.1) is 13.2 Å². The van der Waals surface area contributed by atoms with E-state index in [0.29, 0.717) is 25.3 Å². The maximum atomic E-state index is 13.4. The molecule has 1 saturated heterocycles. The molecule has 2 fully saturated rings. The molecule has 1 saturated carbocycles. The van der Waals surface area contributed by atoms with Crippen LogP contribution in [0, 0.1) is 17.6 Å². The van der Waals surface area contributed by atoms with Crippen molar-refractivity contribution in [3.05, 3.63) is 35.4 Å². The number of benzene rings is 1. The molecule has 0 bridgehead atoms. The fourth-order valence-electron chi connectivity index (χ4n) is 3.26. The third-order valence-corrected chi connectivity index (χ3v) is 4.52. The highest BCUT2D eigenvalue weighted by molar-refractivity contribution is 5.79. The smallest absolute Gasteiger partial charge is 0.225 e. The molecule has 2 aliphatic rings. The third-order valence-electron chi connectivity index (χ3n) is 4.52. The van der Waals surface area contributed by atoms with Gasteiger partial charge < -0.3 is 15.4 Å². The van der Waals surface area contributed by atoms with Gasteiger partial charge in [-0.1, -0.05) is 6.07 Å². The summed E-state index contributed by atoms with van der Waals surface area (Å²) in [6, 6.07) is 3.84. The number of ether oxygens (including phenoxy) is 1. The molecule has 0 aromatic heterocycles. The Labute approximate surface area is 128 Å². The summed E-state index contributed by atoms with van der Waals surface area (Å²) in [4.78, 5) is 14.3. The number of nitrogens with two attached hydrogens (primary N) is 1. The van der Waals surface area contributed by atoms with Gasteiger partial charge in [0.2, 0.25) is 5.91 Å². The molecule has 1 amide bonds. The lowest BCUT2D eigenvalue weighted by Gasteiger charge is -2.34. The quantitative estimate of drug-likeness (QED) is 0.909. The molecule has 120 valence electrons. The summed E-state index contributed by atoms with van der Waals surface area (Å²) in [7, 11) is 0. The van der Waals surface area contributed by atoms with E-state index in [1.165, 1.54) is 6.07 Å². The van der Waals surface area contributed by atoms with Crippen LogP contribution in [0.4, 0.5) is 8.78 Å². The molecule has 1 aromatic carbocycles. The van der Waals surface area contributed by atoms with Crippen LogP contribution in [-0.2, 0) is 9.53 Å². The van der Waals surface area contributed by atoms with Crippen LogP contribution in [0.15, 0.2) is 18.2 Å². The SMILES string of the molecule is NC1CCC(C(=O)N2CCOC(c3ccc(F)c(F)c3)C2)C1. The zero-order valence-electron chi connectivity index (χ0n) is 12.3. The molecular weight excluding hydrogens is 290 g/mol. The van der Waals surface area contributed by atoms with E-state index in [-0.39, 0.29) is 17.9 Å². The second kappa shape index (κ2) is 6.30. The maximum Gasteiger partial charge on any atom is 0.225 e. The number of carbonyl (C=O) groups excluding carboxylic acids is 1. The van der Waals surface area contributed by atoms with Gasteiger partial charge in [0.15, 0.2) is 11.6 Å². The van der Waals surface area contributed by atoms with Crippen LogP contribution in [0.5, 0.6) is 0 Å². The second-order valence-corrected chi connectivity index (χ2v) is 6.09. The minimum Gasteiger partial charge on any atom is -0.370 e. The highest BCUT2D eigenvalue weighted by Gasteiger charge is 2.34. The van der Waals surface area contributed by atoms with Crippen molar-refractivity contribution in [3.63, 3.8) is 0 Å². The molecule has 3 rings (SSSR count). The van der Waals surface area contributed by atoms with E-state index in [9.17, 15) is 13.6 Å². The molecule has 3 atom stereocenters. The van der Waals surface area contributed by atoms with Crippen molar-refractivity contribution < 1.29 is 18.3 Å². The number of halogens is 2. The third kappa shape index (κ3) is 3.13. The average molecular weight is 310 g/mol. The molecule has 6 heteroatoms. The fraction of sp³-hybridized carbons (Fsp3) is 0.562. The molecule has 1 aromatic rings. The van der Waals surface area contributed by atoms with Crippen LogP contribution in [0.25, 0.3) is 0 Å². The van der Waals surface area contributed by atoms with Gasteiger partial charge in [0, 0.05) is 18.5 Å². The van der Waals surface area contributed by atoms with E-state index in [2.05, 4.69) is 0 Å². The van der Waals surface area contributed by atoms with E-state index in [1.54, 1.807) is 4.90 Å². The van der Waals surface area contributed by atoms with Crippen LogP contribution in [-0.4, -0.2) is 36.5 Å². The normalized spacial score (nSPS) is 28.9. The zero-order chi connectivity index (χ0) is 15.7. The van der Waals surface area contributed by atoms with E-state index in [4.69, 9.17) is 10.5 Å². The zero-order valence-corrected chi connectivity index (χ0v) is 12.3. The highest BCUT2D eigenvalue weighted by Crippen LogP contribution is 2.29. The van der Waals surface area contributed by atoms with Crippen molar-refractivity contribution in [1.29, 1.82) is 0 Å². The van der Waals surface area contributed by atoms with Crippen LogP contribution in [0.1, 0.15) is 30.9 Å². The molecule has 3 unspecified atom stereocenters. The predicted molar refractivity (Wildman–Crippen MR) is 76.9 cm³/mol. The molecule has 1 aliphatic carbocycles. The summed E-state index contributed by atoms with van der Waals surface area (Å²) in [5, 5.41) is 0. The Balaban J connectivity index is 1.68. The lowest BCUT2D eigenvalue weighted by Crippen LogP contribution is -2.44. The van der Waals surface area contributed by atoms with Crippen molar-refractivity contribution in [2.45, 2.75) is 31.4 Å². The first-order valence-corrected chi connectivity index (χ1v) is 7.65. The lowest BCUT2D eigenvalue weighted by molar-refractivity contribution is -0.143. The van der Waals surface area contributed by atoms with Gasteiger partial charge in [-0.05, 0) is 37.0 Å². The molecule has 0 radical (unpaired) electrons. The summed E-state index contributed by atoms with van der Waals surface area (Å²) < 4.78 is 32.0. The van der Waals surface area contributed by atoms with Crippen molar-refractivity contribution in [1.82, 2.24) is 4.90 Å². The Bertz CT molecular complexity index is 567. The van der Waals surface area contributed by atoms with Crippen LogP contribution >= 0.6 is 0 Å². The predicted octanol–water partition coefficient (Wildman–Crippen LogP) is 1.99. The number of amides is 1. The number of morpholine rings is 1.